The summed E-state index contributed by atoms with van der Waals surface area (Å²) in [5, 5.41) is 5.88. The van der Waals surface area contributed by atoms with Crippen molar-refractivity contribution in [3.8, 4) is 11.6 Å². The van der Waals surface area contributed by atoms with Gasteiger partial charge in [0, 0.05) is 31.2 Å². The van der Waals surface area contributed by atoms with Crippen LogP contribution in [0.1, 0.15) is 26.7 Å². The van der Waals surface area contributed by atoms with Crippen LogP contribution < -0.4 is 15.4 Å². The standard InChI is InChI=1S/C20H26N4O2/c1-15(2)24-12-10-16(11-13-24)22-20(25)23-17-8-9-19(21-14-17)26-18-6-4-3-5-7-18/h3-9,14-16H,10-13H2,1-2H3,(H2,22,23,25). The molecule has 1 fully saturated rings. The molecular weight excluding hydrogens is 328 g/mol. The second kappa shape index (κ2) is 8.67. The summed E-state index contributed by atoms with van der Waals surface area (Å²) < 4.78 is 5.65. The molecule has 6 nitrogen and oxygen atoms in total. The summed E-state index contributed by atoms with van der Waals surface area (Å²) in [6.07, 6.45) is 3.56. The van der Waals surface area contributed by atoms with Gasteiger partial charge in [0.15, 0.2) is 0 Å². The van der Waals surface area contributed by atoms with E-state index in [0.29, 0.717) is 17.6 Å². The van der Waals surface area contributed by atoms with Gasteiger partial charge in [-0.05, 0) is 44.9 Å². The third-order valence-corrected chi connectivity index (χ3v) is 4.55. The van der Waals surface area contributed by atoms with Gasteiger partial charge in [0.2, 0.25) is 5.88 Å². The number of ether oxygens (including phenoxy) is 1. The molecule has 26 heavy (non-hydrogen) atoms. The SMILES string of the molecule is CC(C)N1CCC(NC(=O)Nc2ccc(Oc3ccccc3)nc2)CC1. The number of pyridine rings is 1. The zero-order chi connectivity index (χ0) is 18.4. The molecule has 2 amide bonds. The lowest BCUT2D eigenvalue weighted by Gasteiger charge is -2.34. The fourth-order valence-electron chi connectivity index (χ4n) is 3.04. The van der Waals surface area contributed by atoms with E-state index in [9.17, 15) is 4.79 Å². The number of rotatable bonds is 5. The maximum absolute atomic E-state index is 12.2. The number of para-hydroxylation sites is 1. The van der Waals surface area contributed by atoms with Crippen molar-refractivity contribution in [3.05, 3.63) is 48.7 Å². The van der Waals surface area contributed by atoms with Crippen LogP contribution in [0.25, 0.3) is 0 Å². The monoisotopic (exact) mass is 354 g/mol. The van der Waals surface area contributed by atoms with E-state index in [4.69, 9.17) is 4.74 Å². The first kappa shape index (κ1) is 18.2. The van der Waals surface area contributed by atoms with Crippen molar-refractivity contribution in [3.63, 3.8) is 0 Å². The van der Waals surface area contributed by atoms with E-state index in [1.807, 2.05) is 30.3 Å². The summed E-state index contributed by atoms with van der Waals surface area (Å²) in [5.74, 6) is 1.22. The van der Waals surface area contributed by atoms with E-state index < -0.39 is 0 Å². The molecule has 1 aliphatic heterocycles. The fourth-order valence-corrected chi connectivity index (χ4v) is 3.04. The average molecular weight is 354 g/mol. The molecule has 0 unspecified atom stereocenters. The molecule has 0 spiro atoms. The molecule has 2 heterocycles. The Balaban J connectivity index is 1.46. The Labute approximate surface area is 154 Å². The zero-order valence-corrected chi connectivity index (χ0v) is 15.3. The Morgan fingerprint density at radius 3 is 2.50 bits per heavy atom. The first-order valence-corrected chi connectivity index (χ1v) is 9.10. The van der Waals surface area contributed by atoms with Crippen molar-refractivity contribution >= 4 is 11.7 Å². The third kappa shape index (κ3) is 5.20. The third-order valence-electron chi connectivity index (χ3n) is 4.55. The van der Waals surface area contributed by atoms with Gasteiger partial charge in [0.25, 0.3) is 0 Å². The highest BCUT2D eigenvalue weighted by molar-refractivity contribution is 5.89. The molecule has 2 N–H and O–H groups in total. The predicted molar refractivity (Wildman–Crippen MR) is 103 cm³/mol. The van der Waals surface area contributed by atoms with Crippen LogP contribution in [0.4, 0.5) is 10.5 Å². The maximum Gasteiger partial charge on any atom is 0.319 e. The molecule has 1 aromatic carbocycles. The predicted octanol–water partition coefficient (Wildman–Crippen LogP) is 3.87. The van der Waals surface area contributed by atoms with Crippen LogP contribution in [0.5, 0.6) is 11.6 Å². The molecule has 138 valence electrons. The zero-order valence-electron chi connectivity index (χ0n) is 15.3. The number of carbonyl (C=O) groups excluding carboxylic acids is 1. The van der Waals surface area contributed by atoms with E-state index >= 15 is 0 Å². The number of hydrogen-bond donors (Lipinski definition) is 2. The molecule has 2 aromatic rings. The number of anilines is 1. The Morgan fingerprint density at radius 2 is 1.88 bits per heavy atom. The first-order valence-electron chi connectivity index (χ1n) is 9.10. The molecular formula is C20H26N4O2. The van der Waals surface area contributed by atoms with Crippen molar-refractivity contribution in [1.29, 1.82) is 0 Å². The number of piperidine rings is 1. The van der Waals surface area contributed by atoms with E-state index in [0.717, 1.165) is 31.7 Å². The molecule has 1 saturated heterocycles. The minimum Gasteiger partial charge on any atom is -0.439 e. The molecule has 1 aliphatic rings. The number of carbonyl (C=O) groups is 1. The smallest absolute Gasteiger partial charge is 0.319 e. The summed E-state index contributed by atoms with van der Waals surface area (Å²) in [7, 11) is 0. The molecule has 1 aromatic heterocycles. The van der Waals surface area contributed by atoms with Crippen molar-refractivity contribution in [1.82, 2.24) is 15.2 Å². The van der Waals surface area contributed by atoms with Gasteiger partial charge in [-0.1, -0.05) is 18.2 Å². The maximum atomic E-state index is 12.2. The van der Waals surface area contributed by atoms with Crippen LogP contribution in [0, 0.1) is 0 Å². The number of urea groups is 1. The Bertz CT molecular complexity index is 696. The van der Waals surface area contributed by atoms with Gasteiger partial charge >= 0.3 is 6.03 Å². The minimum absolute atomic E-state index is 0.188. The number of aromatic nitrogens is 1. The Kier molecular flexibility index (Phi) is 6.07. The molecule has 6 heteroatoms. The van der Waals surface area contributed by atoms with Crippen molar-refractivity contribution in [2.24, 2.45) is 0 Å². The van der Waals surface area contributed by atoms with Crippen LogP contribution >= 0.6 is 0 Å². The second-order valence-corrected chi connectivity index (χ2v) is 6.80. The average Bonchev–Trinajstić information content (AvgIpc) is 2.64. The Hall–Kier alpha value is -2.60. The van der Waals surface area contributed by atoms with Gasteiger partial charge in [-0.2, -0.15) is 0 Å². The van der Waals surface area contributed by atoms with Gasteiger partial charge in [-0.15, -0.1) is 0 Å². The molecule has 0 radical (unpaired) electrons. The Morgan fingerprint density at radius 1 is 1.15 bits per heavy atom. The fraction of sp³-hybridized carbons (Fsp3) is 0.400. The van der Waals surface area contributed by atoms with Crippen LogP contribution in [0.2, 0.25) is 0 Å². The minimum atomic E-state index is -0.188. The number of nitrogens with one attached hydrogen (secondary N) is 2. The summed E-state index contributed by atoms with van der Waals surface area (Å²) in [4.78, 5) is 18.8. The van der Waals surface area contributed by atoms with E-state index in [1.54, 1.807) is 18.3 Å². The van der Waals surface area contributed by atoms with Gasteiger partial charge in [-0.25, -0.2) is 9.78 Å². The van der Waals surface area contributed by atoms with Gasteiger partial charge < -0.3 is 20.3 Å². The highest BCUT2D eigenvalue weighted by Gasteiger charge is 2.21. The van der Waals surface area contributed by atoms with Crippen LogP contribution in [0.3, 0.4) is 0 Å². The van der Waals surface area contributed by atoms with Crippen LogP contribution in [-0.4, -0.2) is 41.1 Å². The van der Waals surface area contributed by atoms with Crippen LogP contribution in [-0.2, 0) is 0 Å². The normalized spacial score (nSPS) is 15.7. The number of likely N-dealkylation sites (tertiary alicyclic amines) is 1. The quantitative estimate of drug-likeness (QED) is 0.855. The van der Waals surface area contributed by atoms with Crippen molar-refractivity contribution in [2.45, 2.75) is 38.8 Å². The van der Waals surface area contributed by atoms with E-state index in [1.165, 1.54) is 0 Å². The second-order valence-electron chi connectivity index (χ2n) is 6.80. The first-order chi connectivity index (χ1) is 12.6. The van der Waals surface area contributed by atoms with Crippen LogP contribution in [0.15, 0.2) is 48.7 Å². The molecule has 0 saturated carbocycles. The van der Waals surface area contributed by atoms with Crippen molar-refractivity contribution in [2.75, 3.05) is 18.4 Å². The number of nitrogens with zero attached hydrogens (tertiary/aromatic N) is 2. The summed E-state index contributed by atoms with van der Waals surface area (Å²) >= 11 is 0. The lowest BCUT2D eigenvalue weighted by Crippen LogP contribution is -2.47. The van der Waals surface area contributed by atoms with Gasteiger partial charge in [-0.3, -0.25) is 0 Å². The number of amides is 2. The highest BCUT2D eigenvalue weighted by Crippen LogP contribution is 2.20. The molecule has 0 atom stereocenters. The summed E-state index contributed by atoms with van der Waals surface area (Å²) in [6, 6.07) is 13.6. The largest absolute Gasteiger partial charge is 0.439 e. The molecule has 3 rings (SSSR count). The number of hydrogen-bond acceptors (Lipinski definition) is 4. The van der Waals surface area contributed by atoms with Gasteiger partial charge in [0.05, 0.1) is 11.9 Å². The molecule has 0 bridgehead atoms. The lowest BCUT2D eigenvalue weighted by molar-refractivity contribution is 0.163. The topological polar surface area (TPSA) is 66.5 Å². The summed E-state index contributed by atoms with van der Waals surface area (Å²) in [5.41, 5.74) is 0.641. The number of benzene rings is 1. The van der Waals surface area contributed by atoms with Gasteiger partial charge in [0.1, 0.15) is 5.75 Å². The van der Waals surface area contributed by atoms with Crippen molar-refractivity contribution < 1.29 is 9.53 Å². The highest BCUT2D eigenvalue weighted by atomic mass is 16.5. The summed E-state index contributed by atoms with van der Waals surface area (Å²) in [6.45, 7) is 6.46. The molecule has 0 aliphatic carbocycles. The lowest BCUT2D eigenvalue weighted by atomic mass is 10.0. The van der Waals surface area contributed by atoms with E-state index in [-0.39, 0.29) is 12.1 Å². The van der Waals surface area contributed by atoms with E-state index in [2.05, 4.69) is 34.4 Å².